The molecule has 35 heavy (non-hydrogen) atoms. The Kier molecular flexibility index (Phi) is 30.5. The molecule has 0 atom stereocenters. The first-order valence-electron chi connectivity index (χ1n) is 13.2. The van der Waals surface area contributed by atoms with E-state index in [4.69, 9.17) is 66.2 Å². The molecule has 0 saturated heterocycles. The molecule has 0 aliphatic carbocycles. The van der Waals surface area contributed by atoms with Crippen LogP contribution >= 0.6 is 11.4 Å². The maximum absolute atomic E-state index is 5.63. The third kappa shape index (κ3) is 24.0. The molecule has 0 amide bonds. The zero-order valence-corrected chi connectivity index (χ0v) is 31.7. The molecule has 0 aromatic carbocycles. The van der Waals surface area contributed by atoms with Gasteiger partial charge in [-0.15, -0.1) is 0 Å². The normalized spacial score (nSPS) is 12.3. The van der Waals surface area contributed by atoms with Gasteiger partial charge in [0, 0.05) is 0 Å². The minimum atomic E-state index is -2.44. The zero-order chi connectivity index (χ0) is 26.6. The molecule has 0 rings (SSSR count). The van der Waals surface area contributed by atoms with E-state index in [1.165, 1.54) is 0 Å². The molecule has 4 nitrogen and oxygen atoms in total. The average Bonchev–Trinajstić information content (AvgIpc) is 2.82. The topological polar surface area (TPSA) is 36.9 Å². The monoisotopic (exact) mass is 658 g/mol. The van der Waals surface area contributed by atoms with E-state index in [0.717, 1.165) is 51.4 Å². The van der Waals surface area contributed by atoms with E-state index in [0.29, 0.717) is 50.1 Å². The van der Waals surface area contributed by atoms with Crippen molar-refractivity contribution in [2.24, 2.45) is 23.7 Å². The maximum Gasteiger partial charge on any atom is 2.00 e. The second-order valence-electron chi connectivity index (χ2n) is 8.81. The second kappa shape index (κ2) is 25.4. The number of rotatable bonds is 20. The summed E-state index contributed by atoms with van der Waals surface area (Å²) in [4.78, 5) is 0. The van der Waals surface area contributed by atoms with Gasteiger partial charge in [0.2, 0.25) is 0 Å². The van der Waals surface area contributed by atoms with Crippen LogP contribution in [0.5, 0.6) is 0 Å². The van der Waals surface area contributed by atoms with Crippen LogP contribution in [0.2, 0.25) is 0 Å². The molecule has 0 aromatic rings. The minimum Gasteiger partial charge on any atom is -0.691 e. The summed E-state index contributed by atoms with van der Waals surface area (Å²) in [6.45, 7) is 19.9. The largest absolute Gasteiger partial charge is 2.00 e. The van der Waals surface area contributed by atoms with E-state index in [9.17, 15) is 0 Å². The zero-order valence-electron chi connectivity index (χ0n) is 23.7. The summed E-state index contributed by atoms with van der Waals surface area (Å²) in [5.41, 5.74) is -4.87. The van der Waals surface area contributed by atoms with Gasteiger partial charge in [-0.2, -0.15) is 0 Å². The summed E-state index contributed by atoms with van der Waals surface area (Å²) >= 11 is 21.0. The van der Waals surface area contributed by atoms with Crippen LogP contribution in [0.15, 0.2) is 0 Å². The Bertz CT molecular complexity index is 472. The summed E-state index contributed by atoms with van der Waals surface area (Å²) < 4.78 is 22.5. The molecular formula is C24H52O4P2S4Zn. The van der Waals surface area contributed by atoms with Crippen LogP contribution in [-0.4, -0.2) is 26.4 Å². The molecule has 0 aliphatic rings. The molecule has 0 bridgehead atoms. The molecule has 0 spiro atoms. The molecule has 0 unspecified atom stereocenters. The Morgan fingerprint density at radius 1 is 0.457 bits per heavy atom. The molecule has 0 radical (unpaired) electrons. The predicted molar refractivity (Wildman–Crippen MR) is 163 cm³/mol. The van der Waals surface area contributed by atoms with Gasteiger partial charge in [0.15, 0.2) is 0 Å². The molecule has 0 N–H and O–H groups in total. The van der Waals surface area contributed by atoms with Crippen molar-refractivity contribution in [3.63, 3.8) is 0 Å². The van der Waals surface area contributed by atoms with Gasteiger partial charge in [-0.25, -0.2) is 0 Å². The predicted octanol–water partition coefficient (Wildman–Crippen LogP) is 9.32. The van der Waals surface area contributed by atoms with Crippen LogP contribution in [-0.2, 0) is 85.7 Å². The van der Waals surface area contributed by atoms with Crippen LogP contribution in [0, 0.1) is 23.7 Å². The summed E-state index contributed by atoms with van der Waals surface area (Å²) in [6.07, 6.45) is 8.84. The van der Waals surface area contributed by atoms with Gasteiger partial charge in [0.1, 0.15) is 0 Å². The molecular weight excluding hydrogens is 608 g/mol. The fourth-order valence-corrected chi connectivity index (χ4v) is 6.14. The van der Waals surface area contributed by atoms with E-state index in [-0.39, 0.29) is 19.5 Å². The standard InChI is InChI=1S/2C12H27O2PS2.Zn/c2*1-5-11(6-2)9-13-15(16,17)14-10-12(7-3)8-4;/h2*11-12H,5-10H2,1-4H3,(H,16,17);/q;;+2/p-2. The van der Waals surface area contributed by atoms with Crippen molar-refractivity contribution in [3.05, 3.63) is 0 Å². The summed E-state index contributed by atoms with van der Waals surface area (Å²) in [5.74, 6) is 2.21. The smallest absolute Gasteiger partial charge is 0.691 e. The van der Waals surface area contributed by atoms with Gasteiger partial charge in [-0.05, 0) is 23.7 Å². The molecule has 0 fully saturated rings. The minimum absolute atomic E-state index is 0. The van der Waals surface area contributed by atoms with Crippen molar-refractivity contribution in [1.29, 1.82) is 0 Å². The number of hydrogen-bond donors (Lipinski definition) is 0. The average molecular weight is 660 g/mol. The third-order valence-electron chi connectivity index (χ3n) is 6.49. The van der Waals surface area contributed by atoms with Crippen LogP contribution in [0.25, 0.3) is 0 Å². The Morgan fingerprint density at radius 2 is 0.600 bits per heavy atom. The first-order valence-corrected chi connectivity index (χ1v) is 20.5. The second-order valence-corrected chi connectivity index (χ2v) is 18.8. The quantitative estimate of drug-likeness (QED) is 0.0727. The molecule has 0 aliphatic heterocycles. The third-order valence-corrected chi connectivity index (χ3v) is 10.9. The van der Waals surface area contributed by atoms with Crippen molar-refractivity contribution in [3.8, 4) is 0 Å². The van der Waals surface area contributed by atoms with Crippen LogP contribution in [0.1, 0.15) is 107 Å². The van der Waals surface area contributed by atoms with Crippen molar-refractivity contribution in [1.82, 2.24) is 0 Å². The first kappa shape index (κ1) is 41.9. The van der Waals surface area contributed by atoms with Crippen molar-refractivity contribution in [2.75, 3.05) is 26.4 Å². The summed E-state index contributed by atoms with van der Waals surface area (Å²) in [7, 11) is 0. The fourth-order valence-electron chi connectivity index (χ4n) is 2.96. The first-order chi connectivity index (χ1) is 16.0. The fraction of sp³-hybridized carbons (Fsp3) is 1.00. The van der Waals surface area contributed by atoms with Gasteiger partial charge in [-0.3, -0.25) is 0 Å². The van der Waals surface area contributed by atoms with Gasteiger partial charge >= 0.3 is 19.5 Å². The van der Waals surface area contributed by atoms with Crippen molar-refractivity contribution >= 4 is 59.5 Å². The van der Waals surface area contributed by atoms with E-state index in [1.54, 1.807) is 0 Å². The SMILES string of the molecule is CCC(CC)COP(=S)([S-])OCC(CC)CC.CCC(CC)COP(=S)([S-])OCC(CC)CC.[Zn+2]. The Labute approximate surface area is 252 Å². The molecule has 208 valence electrons. The van der Waals surface area contributed by atoms with Crippen molar-refractivity contribution < 1.29 is 37.6 Å². The Balaban J connectivity index is -0.000000569. The maximum atomic E-state index is 5.63. The van der Waals surface area contributed by atoms with Crippen LogP contribution < -0.4 is 0 Å². The van der Waals surface area contributed by atoms with Crippen LogP contribution in [0.3, 0.4) is 0 Å². The van der Waals surface area contributed by atoms with Gasteiger partial charge < -0.3 is 42.6 Å². The van der Waals surface area contributed by atoms with E-state index >= 15 is 0 Å². The van der Waals surface area contributed by atoms with E-state index in [2.05, 4.69) is 55.4 Å². The Morgan fingerprint density at radius 3 is 0.714 bits per heavy atom. The number of hydrogen-bond acceptors (Lipinski definition) is 8. The van der Waals surface area contributed by atoms with Gasteiger partial charge in [0.25, 0.3) is 0 Å². The summed E-state index contributed by atoms with van der Waals surface area (Å²) in [6, 6.07) is 0. The van der Waals surface area contributed by atoms with Crippen LogP contribution in [0.4, 0.5) is 0 Å². The van der Waals surface area contributed by atoms with Crippen molar-refractivity contribution in [2.45, 2.75) is 107 Å². The Hall–Kier alpha value is 2.46. The molecule has 11 heteroatoms. The van der Waals surface area contributed by atoms with Gasteiger partial charge in [-0.1, -0.05) is 130 Å². The molecule has 0 heterocycles. The van der Waals surface area contributed by atoms with E-state index in [1.807, 2.05) is 0 Å². The summed E-state index contributed by atoms with van der Waals surface area (Å²) in [5, 5.41) is 0. The molecule has 0 aromatic heterocycles. The molecule has 0 saturated carbocycles. The van der Waals surface area contributed by atoms with E-state index < -0.39 is 11.4 Å². The van der Waals surface area contributed by atoms with Gasteiger partial charge in [0.05, 0.1) is 37.8 Å².